The molecule has 0 radical (unpaired) electrons. The molecule has 1 atom stereocenters. The average molecular weight is 339 g/mol. The van der Waals surface area contributed by atoms with Gasteiger partial charge in [-0.25, -0.2) is 4.39 Å². The summed E-state index contributed by atoms with van der Waals surface area (Å²) in [6.07, 6.45) is 0.251. The first-order valence-corrected chi connectivity index (χ1v) is 7.24. The van der Waals surface area contributed by atoms with Gasteiger partial charge in [0, 0.05) is 0 Å². The molecular formula is C16H16BrFO2. The van der Waals surface area contributed by atoms with Crippen LogP contribution in [0.2, 0.25) is 0 Å². The molecule has 20 heavy (non-hydrogen) atoms. The number of hydrogen-bond donors (Lipinski definition) is 1. The molecule has 0 aliphatic carbocycles. The molecule has 106 valence electrons. The Bertz CT molecular complexity index is 569. The fourth-order valence-corrected chi connectivity index (χ4v) is 2.24. The van der Waals surface area contributed by atoms with E-state index in [0.717, 1.165) is 16.9 Å². The lowest BCUT2D eigenvalue weighted by molar-refractivity contribution is 0.173. The molecule has 2 nitrogen and oxygen atoms in total. The number of hydrogen-bond acceptors (Lipinski definition) is 2. The van der Waals surface area contributed by atoms with Crippen molar-refractivity contribution in [1.82, 2.24) is 0 Å². The van der Waals surface area contributed by atoms with Gasteiger partial charge in [0.05, 0.1) is 10.6 Å². The van der Waals surface area contributed by atoms with E-state index in [1.165, 1.54) is 6.07 Å². The molecule has 0 amide bonds. The van der Waals surface area contributed by atoms with Crippen LogP contribution in [0.5, 0.6) is 5.75 Å². The molecule has 0 spiro atoms. The maximum absolute atomic E-state index is 13.1. The standard InChI is InChI=1S/C16H16BrFO2/c1-2-16(19)12-4-6-13(7-5-12)20-10-11-3-8-15(18)14(17)9-11/h3-9,16,19H,2,10H2,1H3. The second-order valence-corrected chi connectivity index (χ2v) is 5.38. The lowest BCUT2D eigenvalue weighted by Crippen LogP contribution is -1.98. The molecule has 4 heteroatoms. The molecule has 2 aromatic rings. The van der Waals surface area contributed by atoms with Gasteiger partial charge in [-0.3, -0.25) is 0 Å². The van der Waals surface area contributed by atoms with Gasteiger partial charge in [-0.15, -0.1) is 0 Å². The van der Waals surface area contributed by atoms with Gasteiger partial charge in [0.2, 0.25) is 0 Å². The summed E-state index contributed by atoms with van der Waals surface area (Å²) >= 11 is 3.15. The average Bonchev–Trinajstić information content (AvgIpc) is 2.48. The molecule has 0 saturated carbocycles. The van der Waals surface area contributed by atoms with Gasteiger partial charge in [-0.05, 0) is 57.7 Å². The maximum atomic E-state index is 13.1. The van der Waals surface area contributed by atoms with E-state index in [2.05, 4.69) is 15.9 Å². The summed E-state index contributed by atoms with van der Waals surface area (Å²) in [4.78, 5) is 0. The van der Waals surface area contributed by atoms with Crippen molar-refractivity contribution in [2.24, 2.45) is 0 Å². The summed E-state index contributed by atoms with van der Waals surface area (Å²) in [6, 6.07) is 12.1. The third-order valence-corrected chi connectivity index (χ3v) is 3.65. The summed E-state index contributed by atoms with van der Waals surface area (Å²) in [5, 5.41) is 9.70. The normalized spacial score (nSPS) is 12.2. The first-order valence-electron chi connectivity index (χ1n) is 6.45. The minimum atomic E-state index is -0.433. The SMILES string of the molecule is CCC(O)c1ccc(OCc2ccc(F)c(Br)c2)cc1. The topological polar surface area (TPSA) is 29.5 Å². The maximum Gasteiger partial charge on any atom is 0.137 e. The minimum Gasteiger partial charge on any atom is -0.489 e. The molecule has 0 aromatic heterocycles. The van der Waals surface area contributed by atoms with Crippen molar-refractivity contribution < 1.29 is 14.2 Å². The highest BCUT2D eigenvalue weighted by Gasteiger charge is 2.05. The molecule has 2 aromatic carbocycles. The van der Waals surface area contributed by atoms with Crippen molar-refractivity contribution in [3.63, 3.8) is 0 Å². The van der Waals surface area contributed by atoms with Crippen LogP contribution in [0.1, 0.15) is 30.6 Å². The lowest BCUT2D eigenvalue weighted by atomic mass is 10.1. The molecule has 0 aliphatic heterocycles. The largest absolute Gasteiger partial charge is 0.489 e. The van der Waals surface area contributed by atoms with E-state index < -0.39 is 6.10 Å². The molecule has 0 aliphatic rings. The van der Waals surface area contributed by atoms with E-state index >= 15 is 0 Å². The highest BCUT2D eigenvalue weighted by molar-refractivity contribution is 9.10. The smallest absolute Gasteiger partial charge is 0.137 e. The van der Waals surface area contributed by atoms with Crippen molar-refractivity contribution in [2.75, 3.05) is 0 Å². The van der Waals surface area contributed by atoms with Gasteiger partial charge < -0.3 is 9.84 Å². The number of ether oxygens (including phenoxy) is 1. The molecule has 2 rings (SSSR count). The van der Waals surface area contributed by atoms with Gasteiger partial charge in [-0.1, -0.05) is 25.1 Å². The number of benzene rings is 2. The van der Waals surface area contributed by atoms with Crippen molar-refractivity contribution in [1.29, 1.82) is 0 Å². The van der Waals surface area contributed by atoms with Crippen LogP contribution < -0.4 is 4.74 Å². The first-order chi connectivity index (χ1) is 9.60. The Kier molecular flexibility index (Phi) is 5.15. The quantitative estimate of drug-likeness (QED) is 0.862. The zero-order valence-electron chi connectivity index (χ0n) is 11.1. The third-order valence-electron chi connectivity index (χ3n) is 3.04. The predicted octanol–water partition coefficient (Wildman–Crippen LogP) is 4.61. The van der Waals surface area contributed by atoms with Gasteiger partial charge in [0.1, 0.15) is 18.2 Å². The Morgan fingerprint density at radius 2 is 1.90 bits per heavy atom. The number of halogens is 2. The van der Waals surface area contributed by atoms with E-state index in [9.17, 15) is 9.50 Å². The lowest BCUT2D eigenvalue weighted by Gasteiger charge is -2.10. The summed E-state index contributed by atoms with van der Waals surface area (Å²) in [5.41, 5.74) is 1.76. The Balaban J connectivity index is 1.98. The van der Waals surface area contributed by atoms with Crippen molar-refractivity contribution in [3.05, 3.63) is 63.9 Å². The molecule has 0 saturated heterocycles. The Hall–Kier alpha value is -1.39. The van der Waals surface area contributed by atoms with Gasteiger partial charge in [0.15, 0.2) is 0 Å². The van der Waals surface area contributed by atoms with Crippen molar-refractivity contribution >= 4 is 15.9 Å². The van der Waals surface area contributed by atoms with Crippen LogP contribution in [0.3, 0.4) is 0 Å². The van der Waals surface area contributed by atoms with Crippen molar-refractivity contribution in [2.45, 2.75) is 26.1 Å². The van der Waals surface area contributed by atoms with Crippen LogP contribution in [-0.2, 0) is 6.61 Å². The second-order valence-electron chi connectivity index (χ2n) is 4.53. The van der Waals surface area contributed by atoms with Crippen LogP contribution in [0.15, 0.2) is 46.9 Å². The fraction of sp³-hybridized carbons (Fsp3) is 0.250. The van der Waals surface area contributed by atoms with E-state index in [1.54, 1.807) is 12.1 Å². The van der Waals surface area contributed by atoms with Crippen molar-refractivity contribution in [3.8, 4) is 5.75 Å². The molecule has 1 unspecified atom stereocenters. The molecule has 0 bridgehead atoms. The molecule has 0 fully saturated rings. The number of rotatable bonds is 5. The first kappa shape index (κ1) is 15.0. The predicted molar refractivity (Wildman–Crippen MR) is 80.1 cm³/mol. The van der Waals surface area contributed by atoms with Gasteiger partial charge >= 0.3 is 0 Å². The number of aliphatic hydroxyl groups is 1. The summed E-state index contributed by atoms with van der Waals surface area (Å²) in [7, 11) is 0. The van der Waals surface area contributed by atoms with Crippen LogP contribution in [-0.4, -0.2) is 5.11 Å². The highest BCUT2D eigenvalue weighted by atomic mass is 79.9. The van der Waals surface area contributed by atoms with E-state index in [0.29, 0.717) is 17.5 Å². The minimum absolute atomic E-state index is 0.286. The van der Waals surface area contributed by atoms with Gasteiger partial charge in [0.25, 0.3) is 0 Å². The number of aliphatic hydroxyl groups excluding tert-OH is 1. The van der Waals surface area contributed by atoms with E-state index in [-0.39, 0.29) is 5.82 Å². The van der Waals surface area contributed by atoms with E-state index in [1.807, 2.05) is 31.2 Å². The van der Waals surface area contributed by atoms with Crippen LogP contribution in [0, 0.1) is 5.82 Å². The van der Waals surface area contributed by atoms with Crippen LogP contribution in [0.25, 0.3) is 0 Å². The summed E-state index contributed by atoms with van der Waals surface area (Å²) in [6.45, 7) is 2.30. The molecular weight excluding hydrogens is 323 g/mol. The highest BCUT2D eigenvalue weighted by Crippen LogP contribution is 2.21. The van der Waals surface area contributed by atoms with Gasteiger partial charge in [-0.2, -0.15) is 0 Å². The van der Waals surface area contributed by atoms with Crippen LogP contribution in [0.4, 0.5) is 4.39 Å². The zero-order chi connectivity index (χ0) is 14.5. The summed E-state index contributed by atoms with van der Waals surface area (Å²) < 4.78 is 19.2. The Morgan fingerprint density at radius 3 is 2.50 bits per heavy atom. The second kappa shape index (κ2) is 6.86. The molecule has 1 N–H and O–H groups in total. The molecule has 0 heterocycles. The monoisotopic (exact) mass is 338 g/mol. The fourth-order valence-electron chi connectivity index (χ4n) is 1.82. The zero-order valence-corrected chi connectivity index (χ0v) is 12.7. The Labute approximate surface area is 126 Å². The van der Waals surface area contributed by atoms with E-state index in [4.69, 9.17) is 4.74 Å². The Morgan fingerprint density at radius 1 is 1.20 bits per heavy atom. The summed E-state index contributed by atoms with van der Waals surface area (Å²) in [5.74, 6) is 0.434. The third kappa shape index (κ3) is 3.81. The van der Waals surface area contributed by atoms with Crippen LogP contribution >= 0.6 is 15.9 Å².